The summed E-state index contributed by atoms with van der Waals surface area (Å²) in [6.07, 6.45) is 2.22. The molecule has 2 heterocycles. The molecule has 0 radical (unpaired) electrons. The van der Waals surface area contributed by atoms with Gasteiger partial charge in [-0.3, -0.25) is 14.3 Å². The number of anilines is 2. The van der Waals surface area contributed by atoms with Gasteiger partial charge in [-0.2, -0.15) is 10.4 Å². The Hall–Kier alpha value is -2.90. The lowest BCUT2D eigenvalue weighted by Crippen LogP contribution is -2.29. The molecule has 0 saturated carbocycles. The van der Waals surface area contributed by atoms with Gasteiger partial charge in [0.1, 0.15) is 5.56 Å². The zero-order valence-corrected chi connectivity index (χ0v) is 17.3. The average Bonchev–Trinajstić information content (AvgIpc) is 3.14. The molecular weight excluding hydrogens is 442 g/mol. The van der Waals surface area contributed by atoms with E-state index in [1.54, 1.807) is 22.9 Å². The van der Waals surface area contributed by atoms with Gasteiger partial charge in [0.2, 0.25) is 0 Å². The minimum Gasteiger partial charge on any atom is -0.469 e. The van der Waals surface area contributed by atoms with Gasteiger partial charge in [0.25, 0.3) is 5.91 Å². The van der Waals surface area contributed by atoms with Crippen molar-refractivity contribution in [2.24, 2.45) is 11.7 Å². The van der Waals surface area contributed by atoms with Crippen LogP contribution >= 0.6 is 15.9 Å². The SMILES string of the molecule is COC(=O)Cc1cc(Nc2nn(C3COCC[C@@H]3C#N)cc2C(N)=O)ccc1Br. The van der Waals surface area contributed by atoms with E-state index in [1.807, 2.05) is 0 Å². The number of hydrogen-bond acceptors (Lipinski definition) is 7. The van der Waals surface area contributed by atoms with Crippen molar-refractivity contribution >= 4 is 39.3 Å². The third kappa shape index (κ3) is 4.75. The van der Waals surface area contributed by atoms with Crippen molar-refractivity contribution in [1.82, 2.24) is 9.78 Å². The summed E-state index contributed by atoms with van der Waals surface area (Å²) < 4.78 is 12.5. The fourth-order valence-corrected chi connectivity index (χ4v) is 3.51. The molecule has 1 aliphatic rings. The quantitative estimate of drug-likeness (QED) is 0.630. The number of carbonyl (C=O) groups excluding carboxylic acids is 2. The number of hydrogen-bond donors (Lipinski definition) is 2. The van der Waals surface area contributed by atoms with Gasteiger partial charge in [0, 0.05) is 23.0 Å². The number of amides is 1. The minimum absolute atomic E-state index is 0.0903. The van der Waals surface area contributed by atoms with Gasteiger partial charge in [0.15, 0.2) is 5.82 Å². The van der Waals surface area contributed by atoms with Gasteiger partial charge in [-0.1, -0.05) is 15.9 Å². The first kappa shape index (κ1) is 20.8. The Morgan fingerprint density at radius 2 is 2.31 bits per heavy atom. The topological polar surface area (TPSA) is 132 Å². The third-order valence-electron chi connectivity index (χ3n) is 4.70. The van der Waals surface area contributed by atoms with Crippen LogP contribution < -0.4 is 11.1 Å². The summed E-state index contributed by atoms with van der Waals surface area (Å²) in [4.78, 5) is 23.5. The number of halogens is 1. The molecule has 2 atom stereocenters. The molecule has 152 valence electrons. The van der Waals surface area contributed by atoms with Crippen molar-refractivity contribution in [3.8, 4) is 6.07 Å². The Labute approximate surface area is 175 Å². The van der Waals surface area contributed by atoms with Crippen molar-refractivity contribution in [1.29, 1.82) is 5.26 Å². The molecule has 2 aromatic rings. The lowest BCUT2D eigenvalue weighted by molar-refractivity contribution is -0.139. The number of ether oxygens (including phenoxy) is 2. The molecule has 1 saturated heterocycles. The Morgan fingerprint density at radius 1 is 1.52 bits per heavy atom. The first-order chi connectivity index (χ1) is 13.9. The number of nitrogens with zero attached hydrogens (tertiary/aromatic N) is 3. The molecule has 10 heteroatoms. The van der Waals surface area contributed by atoms with Gasteiger partial charge in [-0.25, -0.2) is 0 Å². The molecule has 0 aliphatic carbocycles. The second kappa shape index (κ2) is 9.07. The summed E-state index contributed by atoms with van der Waals surface area (Å²) in [7, 11) is 1.33. The van der Waals surface area contributed by atoms with Crippen molar-refractivity contribution in [2.75, 3.05) is 25.6 Å². The highest BCUT2D eigenvalue weighted by atomic mass is 79.9. The highest BCUT2D eigenvalue weighted by molar-refractivity contribution is 9.10. The molecule has 1 amide bonds. The van der Waals surface area contributed by atoms with Gasteiger partial charge in [-0.15, -0.1) is 0 Å². The van der Waals surface area contributed by atoms with Crippen LogP contribution in [0.1, 0.15) is 28.4 Å². The maximum Gasteiger partial charge on any atom is 0.310 e. The highest BCUT2D eigenvalue weighted by Gasteiger charge is 2.29. The molecule has 0 spiro atoms. The Balaban J connectivity index is 1.90. The third-order valence-corrected chi connectivity index (χ3v) is 5.47. The van der Waals surface area contributed by atoms with E-state index in [-0.39, 0.29) is 35.7 Å². The zero-order chi connectivity index (χ0) is 21.0. The lowest BCUT2D eigenvalue weighted by Gasteiger charge is -2.26. The molecule has 3 rings (SSSR count). The summed E-state index contributed by atoms with van der Waals surface area (Å²) >= 11 is 3.41. The number of carbonyl (C=O) groups is 2. The number of rotatable bonds is 6. The molecule has 0 bridgehead atoms. The Kier molecular flexibility index (Phi) is 6.51. The van der Waals surface area contributed by atoms with E-state index >= 15 is 0 Å². The molecule has 1 fully saturated rings. The van der Waals surface area contributed by atoms with Gasteiger partial charge < -0.3 is 20.5 Å². The Morgan fingerprint density at radius 3 is 3.00 bits per heavy atom. The van der Waals surface area contributed by atoms with Crippen LogP contribution in [0.15, 0.2) is 28.9 Å². The summed E-state index contributed by atoms with van der Waals surface area (Å²) in [5, 5.41) is 16.9. The second-order valence-corrected chi connectivity index (χ2v) is 7.44. The van der Waals surface area contributed by atoms with Crippen LogP contribution in [0.2, 0.25) is 0 Å². The second-order valence-electron chi connectivity index (χ2n) is 6.59. The fourth-order valence-electron chi connectivity index (χ4n) is 3.12. The molecule has 1 unspecified atom stereocenters. The number of primary amides is 1. The van der Waals surface area contributed by atoms with Crippen molar-refractivity contribution in [3.05, 3.63) is 40.0 Å². The van der Waals surface area contributed by atoms with Gasteiger partial charge in [-0.05, 0) is 30.2 Å². The predicted octanol–water partition coefficient (Wildman–Crippen LogP) is 2.30. The van der Waals surface area contributed by atoms with E-state index in [2.05, 4.69) is 32.4 Å². The van der Waals surface area contributed by atoms with Crippen LogP contribution in [0.5, 0.6) is 0 Å². The van der Waals surface area contributed by atoms with E-state index in [4.69, 9.17) is 15.2 Å². The van der Waals surface area contributed by atoms with Crippen LogP contribution in [0.3, 0.4) is 0 Å². The number of aromatic nitrogens is 2. The van der Waals surface area contributed by atoms with Crippen LogP contribution in [0.4, 0.5) is 11.5 Å². The first-order valence-corrected chi connectivity index (χ1v) is 9.70. The van der Waals surface area contributed by atoms with Crippen LogP contribution in [0, 0.1) is 17.2 Å². The molecular formula is C19H20BrN5O4. The number of methoxy groups -OCH3 is 1. The number of nitriles is 1. The maximum absolute atomic E-state index is 11.9. The molecule has 1 aromatic carbocycles. The van der Waals surface area contributed by atoms with Gasteiger partial charge in [0.05, 0.1) is 38.2 Å². The van der Waals surface area contributed by atoms with E-state index in [1.165, 1.54) is 13.3 Å². The number of esters is 1. The van der Waals surface area contributed by atoms with E-state index in [9.17, 15) is 14.9 Å². The largest absolute Gasteiger partial charge is 0.469 e. The van der Waals surface area contributed by atoms with Crippen molar-refractivity contribution < 1.29 is 19.1 Å². The lowest BCUT2D eigenvalue weighted by atomic mass is 9.97. The van der Waals surface area contributed by atoms with E-state index < -0.39 is 5.91 Å². The molecule has 1 aromatic heterocycles. The molecule has 9 nitrogen and oxygen atoms in total. The summed E-state index contributed by atoms with van der Waals surface area (Å²) in [6, 6.07) is 7.28. The summed E-state index contributed by atoms with van der Waals surface area (Å²) in [5.74, 6) is -1.01. The summed E-state index contributed by atoms with van der Waals surface area (Å²) in [6.45, 7) is 0.852. The van der Waals surface area contributed by atoms with Crippen molar-refractivity contribution in [2.45, 2.75) is 18.9 Å². The van der Waals surface area contributed by atoms with Crippen LogP contribution in [0.25, 0.3) is 0 Å². The molecule has 29 heavy (non-hydrogen) atoms. The maximum atomic E-state index is 11.9. The fraction of sp³-hybridized carbons (Fsp3) is 0.368. The van der Waals surface area contributed by atoms with Crippen LogP contribution in [-0.2, 0) is 20.7 Å². The standard InChI is InChI=1S/C19H20BrN5O4/c1-28-17(26)7-12-6-13(2-3-15(12)20)23-19-14(18(22)27)9-25(24-19)16-10-29-5-4-11(16)8-21/h2-3,6,9,11,16H,4-5,7,10H2,1H3,(H2,22,27)(H,23,24)/t11-,16?/m1/s1. The van der Waals surface area contributed by atoms with Crippen LogP contribution in [-0.4, -0.2) is 42.0 Å². The number of nitrogens with two attached hydrogens (primary N) is 1. The first-order valence-electron chi connectivity index (χ1n) is 8.91. The van der Waals surface area contributed by atoms with E-state index in [0.29, 0.717) is 30.9 Å². The number of benzene rings is 1. The average molecular weight is 462 g/mol. The molecule has 3 N–H and O–H groups in total. The molecule has 1 aliphatic heterocycles. The Bertz CT molecular complexity index is 968. The van der Waals surface area contributed by atoms with Crippen molar-refractivity contribution in [3.63, 3.8) is 0 Å². The highest BCUT2D eigenvalue weighted by Crippen LogP contribution is 2.29. The minimum atomic E-state index is -0.643. The predicted molar refractivity (Wildman–Crippen MR) is 107 cm³/mol. The number of nitrogens with one attached hydrogen (secondary N) is 1. The normalized spacial score (nSPS) is 18.7. The monoisotopic (exact) mass is 461 g/mol. The zero-order valence-electron chi connectivity index (χ0n) is 15.7. The summed E-state index contributed by atoms with van der Waals surface area (Å²) in [5.41, 5.74) is 7.05. The van der Waals surface area contributed by atoms with Gasteiger partial charge >= 0.3 is 5.97 Å². The smallest absolute Gasteiger partial charge is 0.310 e. The van der Waals surface area contributed by atoms with E-state index in [0.717, 1.165) is 4.47 Å².